The molecule has 0 saturated carbocycles. The van der Waals surface area contributed by atoms with Crippen molar-refractivity contribution in [3.05, 3.63) is 65.5 Å². The van der Waals surface area contributed by atoms with Crippen LogP contribution in [0.25, 0.3) is 0 Å². The van der Waals surface area contributed by atoms with Gasteiger partial charge in [-0.25, -0.2) is 4.39 Å². The zero-order chi connectivity index (χ0) is 17.4. The number of hydrogen-bond acceptors (Lipinski definition) is 4. The van der Waals surface area contributed by atoms with Crippen LogP contribution in [0.15, 0.2) is 48.5 Å². The summed E-state index contributed by atoms with van der Waals surface area (Å²) in [6.45, 7) is 1.24. The molecule has 1 N–H and O–H groups in total. The second kappa shape index (κ2) is 6.24. The Balaban J connectivity index is 1.46. The summed E-state index contributed by atoms with van der Waals surface area (Å²) < 4.78 is 19.1. The molecule has 0 bridgehead atoms. The predicted octanol–water partition coefficient (Wildman–Crippen LogP) is 3.10. The Bertz CT molecular complexity index is 782. The number of hydrogen-bond donors (Lipinski definition) is 1. The van der Waals surface area contributed by atoms with Crippen LogP contribution in [0.5, 0.6) is 5.75 Å². The first-order valence-corrected chi connectivity index (χ1v) is 8.56. The molecule has 0 spiro atoms. The van der Waals surface area contributed by atoms with E-state index in [9.17, 15) is 14.3 Å². The molecule has 2 aliphatic heterocycles. The van der Waals surface area contributed by atoms with Crippen molar-refractivity contribution < 1.29 is 19.0 Å². The summed E-state index contributed by atoms with van der Waals surface area (Å²) in [6.07, 6.45) is 1.08. The van der Waals surface area contributed by atoms with Crippen LogP contribution in [0.3, 0.4) is 0 Å². The average Bonchev–Trinajstić information content (AvgIpc) is 2.63. The van der Waals surface area contributed by atoms with Crippen LogP contribution in [0, 0.1) is 5.82 Å². The number of rotatable bonds is 2. The number of halogens is 1. The second-order valence-corrected chi connectivity index (χ2v) is 6.77. The van der Waals surface area contributed by atoms with Gasteiger partial charge in [0.2, 0.25) is 0 Å². The number of fused-ring (bicyclic) bond motifs is 1. The van der Waals surface area contributed by atoms with Gasteiger partial charge in [-0.2, -0.15) is 0 Å². The Morgan fingerprint density at radius 3 is 2.48 bits per heavy atom. The van der Waals surface area contributed by atoms with E-state index in [1.54, 1.807) is 18.2 Å². The standard InChI is InChI=1S/C20H20FNO3/c21-15-7-5-14(6-8-15)20(24)9-11-22(12-10-20)19-13-17(23)16-3-1-2-4-18(16)25-19/h1-8,19,24H,9-13H2. The van der Waals surface area contributed by atoms with Crippen LogP contribution < -0.4 is 4.74 Å². The first-order valence-electron chi connectivity index (χ1n) is 8.56. The third-order valence-corrected chi connectivity index (χ3v) is 5.22. The summed E-state index contributed by atoms with van der Waals surface area (Å²) in [4.78, 5) is 14.4. The highest BCUT2D eigenvalue weighted by atomic mass is 19.1. The maximum atomic E-state index is 13.1. The molecule has 4 rings (SSSR count). The molecule has 4 nitrogen and oxygen atoms in total. The fourth-order valence-corrected chi connectivity index (χ4v) is 3.69. The number of carbonyl (C=O) groups excluding carboxylic acids is 1. The highest BCUT2D eigenvalue weighted by molar-refractivity contribution is 5.99. The topological polar surface area (TPSA) is 49.8 Å². The third kappa shape index (κ3) is 3.05. The zero-order valence-electron chi connectivity index (χ0n) is 13.8. The van der Waals surface area contributed by atoms with Gasteiger partial charge in [-0.1, -0.05) is 24.3 Å². The Morgan fingerprint density at radius 2 is 1.76 bits per heavy atom. The summed E-state index contributed by atoms with van der Waals surface area (Å²) in [5, 5.41) is 10.9. The Morgan fingerprint density at radius 1 is 1.08 bits per heavy atom. The molecule has 5 heteroatoms. The minimum Gasteiger partial charge on any atom is -0.474 e. The van der Waals surface area contributed by atoms with Crippen molar-refractivity contribution in [2.75, 3.05) is 13.1 Å². The van der Waals surface area contributed by atoms with Crippen LogP contribution >= 0.6 is 0 Å². The molecule has 0 radical (unpaired) electrons. The van der Waals surface area contributed by atoms with E-state index in [-0.39, 0.29) is 17.8 Å². The van der Waals surface area contributed by atoms with Crippen molar-refractivity contribution >= 4 is 5.78 Å². The van der Waals surface area contributed by atoms with E-state index in [2.05, 4.69) is 4.90 Å². The normalized spacial score (nSPS) is 23.0. The van der Waals surface area contributed by atoms with E-state index in [0.717, 1.165) is 5.56 Å². The molecule has 1 fully saturated rings. The number of Topliss-reactive ketones (excluding diaryl/α,β-unsaturated/α-hetero) is 1. The SMILES string of the molecule is O=C1CC(N2CCC(O)(c3ccc(F)cc3)CC2)Oc2ccccc21. The summed E-state index contributed by atoms with van der Waals surface area (Å²) in [6, 6.07) is 13.3. The molecule has 0 aromatic heterocycles. The minimum atomic E-state index is -0.958. The van der Waals surface area contributed by atoms with Gasteiger partial charge in [-0.15, -0.1) is 0 Å². The van der Waals surface area contributed by atoms with Crippen LogP contribution in [0.2, 0.25) is 0 Å². The molecule has 2 aromatic rings. The van der Waals surface area contributed by atoms with E-state index in [4.69, 9.17) is 4.74 Å². The highest BCUT2D eigenvalue weighted by Crippen LogP contribution is 2.36. The van der Waals surface area contributed by atoms with Crippen molar-refractivity contribution in [1.29, 1.82) is 0 Å². The van der Waals surface area contributed by atoms with Gasteiger partial charge in [0.1, 0.15) is 11.6 Å². The number of para-hydroxylation sites is 1. The van der Waals surface area contributed by atoms with Gasteiger partial charge in [-0.3, -0.25) is 9.69 Å². The lowest BCUT2D eigenvalue weighted by atomic mass is 9.84. The number of aliphatic hydroxyl groups is 1. The lowest BCUT2D eigenvalue weighted by Gasteiger charge is -2.42. The zero-order valence-corrected chi connectivity index (χ0v) is 13.8. The highest BCUT2D eigenvalue weighted by Gasteiger charge is 2.38. The van der Waals surface area contributed by atoms with Crippen LogP contribution in [0.4, 0.5) is 4.39 Å². The largest absolute Gasteiger partial charge is 0.474 e. The van der Waals surface area contributed by atoms with Gasteiger partial charge >= 0.3 is 0 Å². The van der Waals surface area contributed by atoms with Crippen molar-refractivity contribution in [2.45, 2.75) is 31.1 Å². The average molecular weight is 341 g/mol. The van der Waals surface area contributed by atoms with Gasteiger partial charge in [0.25, 0.3) is 0 Å². The number of carbonyl (C=O) groups is 1. The molecule has 0 amide bonds. The smallest absolute Gasteiger partial charge is 0.171 e. The number of ether oxygens (including phenoxy) is 1. The van der Waals surface area contributed by atoms with Crippen molar-refractivity contribution in [2.24, 2.45) is 0 Å². The maximum absolute atomic E-state index is 13.1. The Kier molecular flexibility index (Phi) is 4.06. The van der Waals surface area contributed by atoms with Crippen molar-refractivity contribution in [3.8, 4) is 5.75 Å². The molecule has 1 unspecified atom stereocenters. The fourth-order valence-electron chi connectivity index (χ4n) is 3.69. The monoisotopic (exact) mass is 341 g/mol. The summed E-state index contributed by atoms with van der Waals surface area (Å²) >= 11 is 0. The van der Waals surface area contributed by atoms with E-state index in [1.807, 2.05) is 18.2 Å². The number of likely N-dealkylation sites (tertiary alicyclic amines) is 1. The minimum absolute atomic E-state index is 0.0891. The third-order valence-electron chi connectivity index (χ3n) is 5.22. The number of ketones is 1. The van der Waals surface area contributed by atoms with E-state index in [0.29, 0.717) is 43.7 Å². The quantitative estimate of drug-likeness (QED) is 0.912. The van der Waals surface area contributed by atoms with E-state index >= 15 is 0 Å². The summed E-state index contributed by atoms with van der Waals surface area (Å²) in [5.74, 6) is 0.409. The summed E-state index contributed by atoms with van der Waals surface area (Å²) in [5.41, 5.74) is 0.416. The molecule has 2 aliphatic rings. The van der Waals surface area contributed by atoms with Crippen molar-refractivity contribution in [1.82, 2.24) is 4.90 Å². The lowest BCUT2D eigenvalue weighted by Crippen LogP contribution is -2.50. The molecule has 2 aromatic carbocycles. The van der Waals surface area contributed by atoms with Crippen LogP contribution in [-0.4, -0.2) is 35.1 Å². The Hall–Kier alpha value is -2.24. The maximum Gasteiger partial charge on any atom is 0.171 e. The molecular weight excluding hydrogens is 321 g/mol. The molecule has 1 saturated heterocycles. The molecule has 25 heavy (non-hydrogen) atoms. The summed E-state index contributed by atoms with van der Waals surface area (Å²) in [7, 11) is 0. The predicted molar refractivity (Wildman–Crippen MR) is 90.9 cm³/mol. The number of nitrogens with zero attached hydrogens (tertiary/aromatic N) is 1. The van der Waals surface area contributed by atoms with Crippen LogP contribution in [0.1, 0.15) is 35.2 Å². The molecular formula is C20H20FNO3. The lowest BCUT2D eigenvalue weighted by molar-refractivity contribution is -0.0702. The van der Waals surface area contributed by atoms with Gasteiger partial charge in [0, 0.05) is 13.1 Å². The Labute approximate surface area is 145 Å². The first-order chi connectivity index (χ1) is 12.0. The molecule has 1 atom stereocenters. The van der Waals surface area contributed by atoms with E-state index < -0.39 is 5.60 Å². The second-order valence-electron chi connectivity index (χ2n) is 6.77. The molecule has 2 heterocycles. The van der Waals surface area contributed by atoms with Crippen LogP contribution in [-0.2, 0) is 5.60 Å². The first kappa shape index (κ1) is 16.2. The van der Waals surface area contributed by atoms with Gasteiger partial charge in [-0.05, 0) is 42.7 Å². The van der Waals surface area contributed by atoms with Gasteiger partial charge in [0.05, 0.1) is 17.6 Å². The van der Waals surface area contributed by atoms with Gasteiger partial charge < -0.3 is 9.84 Å². The van der Waals surface area contributed by atoms with Crippen molar-refractivity contribution in [3.63, 3.8) is 0 Å². The van der Waals surface area contributed by atoms with E-state index in [1.165, 1.54) is 12.1 Å². The molecule has 0 aliphatic carbocycles. The number of piperidine rings is 1. The fraction of sp³-hybridized carbons (Fsp3) is 0.350. The van der Waals surface area contributed by atoms with Gasteiger partial charge in [0.15, 0.2) is 12.0 Å². The number of benzene rings is 2. The molecule has 130 valence electrons.